The van der Waals surface area contributed by atoms with E-state index >= 15 is 0 Å². The summed E-state index contributed by atoms with van der Waals surface area (Å²) >= 11 is 0. The van der Waals surface area contributed by atoms with Crippen LogP contribution in [-0.2, 0) is 4.74 Å². The SMILES string of the molecule is COc1cc(N2CCNCC2)ccc1NC(=O)OC(C)(C)C. The Bertz CT molecular complexity index is 520. The van der Waals surface area contributed by atoms with Gasteiger partial charge in [0.1, 0.15) is 11.4 Å². The predicted octanol–water partition coefficient (Wildman–Crippen LogP) is 2.45. The second-order valence-electron chi connectivity index (χ2n) is 6.25. The van der Waals surface area contributed by atoms with Crippen LogP contribution >= 0.6 is 0 Å². The van der Waals surface area contributed by atoms with E-state index in [-0.39, 0.29) is 0 Å². The fourth-order valence-electron chi connectivity index (χ4n) is 2.32. The molecule has 0 spiro atoms. The van der Waals surface area contributed by atoms with Crippen LogP contribution in [0.25, 0.3) is 0 Å². The number of piperazine rings is 1. The van der Waals surface area contributed by atoms with Gasteiger partial charge in [-0.3, -0.25) is 5.32 Å². The van der Waals surface area contributed by atoms with Gasteiger partial charge in [0.25, 0.3) is 0 Å². The summed E-state index contributed by atoms with van der Waals surface area (Å²) in [5.41, 5.74) is 1.17. The highest BCUT2D eigenvalue weighted by molar-refractivity contribution is 5.87. The normalized spacial score (nSPS) is 15.4. The largest absolute Gasteiger partial charge is 0.494 e. The Kier molecular flexibility index (Phi) is 5.13. The number of benzene rings is 1. The van der Waals surface area contributed by atoms with Crippen LogP contribution in [0.4, 0.5) is 16.2 Å². The van der Waals surface area contributed by atoms with Crippen LogP contribution in [0.3, 0.4) is 0 Å². The van der Waals surface area contributed by atoms with Crippen molar-refractivity contribution in [2.24, 2.45) is 0 Å². The molecule has 1 aromatic rings. The van der Waals surface area contributed by atoms with E-state index in [1.807, 2.05) is 39.0 Å². The smallest absolute Gasteiger partial charge is 0.412 e. The third-order valence-corrected chi connectivity index (χ3v) is 3.30. The number of carbonyl (C=O) groups is 1. The van der Waals surface area contributed by atoms with Gasteiger partial charge in [-0.15, -0.1) is 0 Å². The number of nitrogens with one attached hydrogen (secondary N) is 2. The van der Waals surface area contributed by atoms with E-state index in [1.54, 1.807) is 7.11 Å². The number of hydrogen-bond acceptors (Lipinski definition) is 5. The molecular formula is C16H25N3O3. The van der Waals surface area contributed by atoms with Gasteiger partial charge in [-0.2, -0.15) is 0 Å². The molecule has 0 aliphatic carbocycles. The third kappa shape index (κ3) is 4.53. The molecule has 1 saturated heterocycles. The molecule has 1 aliphatic heterocycles. The van der Waals surface area contributed by atoms with Gasteiger partial charge >= 0.3 is 6.09 Å². The first kappa shape index (κ1) is 16.4. The maximum atomic E-state index is 11.9. The Labute approximate surface area is 131 Å². The standard InChI is InChI=1S/C16H25N3O3/c1-16(2,3)22-15(20)18-13-6-5-12(11-14(13)21-4)19-9-7-17-8-10-19/h5-6,11,17H,7-10H2,1-4H3,(H,18,20). The highest BCUT2D eigenvalue weighted by Crippen LogP contribution is 2.30. The minimum atomic E-state index is -0.530. The molecule has 2 rings (SSSR count). The van der Waals surface area contributed by atoms with Crippen molar-refractivity contribution in [3.05, 3.63) is 18.2 Å². The van der Waals surface area contributed by atoms with Crippen molar-refractivity contribution in [3.8, 4) is 5.75 Å². The lowest BCUT2D eigenvalue weighted by Gasteiger charge is -2.30. The molecule has 0 aromatic heterocycles. The van der Waals surface area contributed by atoms with Crippen molar-refractivity contribution in [1.82, 2.24) is 5.32 Å². The fraction of sp³-hybridized carbons (Fsp3) is 0.562. The number of methoxy groups -OCH3 is 1. The quantitative estimate of drug-likeness (QED) is 0.898. The number of ether oxygens (including phenoxy) is 2. The van der Waals surface area contributed by atoms with Crippen molar-refractivity contribution in [2.75, 3.05) is 43.5 Å². The minimum absolute atomic E-state index is 0.485. The number of nitrogens with zero attached hydrogens (tertiary/aromatic N) is 1. The van der Waals surface area contributed by atoms with E-state index in [0.717, 1.165) is 31.9 Å². The molecule has 2 N–H and O–H groups in total. The first-order valence-corrected chi connectivity index (χ1v) is 7.53. The van der Waals surface area contributed by atoms with Crippen LogP contribution in [0, 0.1) is 0 Å². The molecule has 6 heteroatoms. The van der Waals surface area contributed by atoms with Gasteiger partial charge in [0, 0.05) is 37.9 Å². The average Bonchev–Trinajstić information content (AvgIpc) is 2.46. The van der Waals surface area contributed by atoms with Crippen molar-refractivity contribution >= 4 is 17.5 Å². The summed E-state index contributed by atoms with van der Waals surface area (Å²) in [5, 5.41) is 6.06. The molecule has 22 heavy (non-hydrogen) atoms. The fourth-order valence-corrected chi connectivity index (χ4v) is 2.32. The van der Waals surface area contributed by atoms with Crippen LogP contribution in [0.1, 0.15) is 20.8 Å². The van der Waals surface area contributed by atoms with E-state index in [0.29, 0.717) is 11.4 Å². The zero-order chi connectivity index (χ0) is 16.2. The highest BCUT2D eigenvalue weighted by atomic mass is 16.6. The van der Waals surface area contributed by atoms with Gasteiger partial charge in [-0.05, 0) is 32.9 Å². The summed E-state index contributed by atoms with van der Waals surface area (Å²) in [7, 11) is 1.59. The lowest BCUT2D eigenvalue weighted by Crippen LogP contribution is -2.43. The lowest BCUT2D eigenvalue weighted by molar-refractivity contribution is 0.0635. The molecule has 1 aliphatic rings. The van der Waals surface area contributed by atoms with E-state index < -0.39 is 11.7 Å². The summed E-state index contributed by atoms with van der Waals surface area (Å²) in [6.45, 7) is 9.36. The van der Waals surface area contributed by atoms with E-state index in [4.69, 9.17) is 9.47 Å². The molecule has 1 heterocycles. The van der Waals surface area contributed by atoms with Gasteiger partial charge in [0.05, 0.1) is 12.8 Å². The van der Waals surface area contributed by atoms with E-state index in [9.17, 15) is 4.79 Å². The zero-order valence-electron chi connectivity index (χ0n) is 13.7. The number of carbonyl (C=O) groups excluding carboxylic acids is 1. The first-order chi connectivity index (χ1) is 10.4. The van der Waals surface area contributed by atoms with Crippen LogP contribution in [0.5, 0.6) is 5.75 Å². The van der Waals surface area contributed by atoms with Crippen molar-refractivity contribution in [2.45, 2.75) is 26.4 Å². The van der Waals surface area contributed by atoms with Crippen LogP contribution < -0.4 is 20.3 Å². The molecule has 0 radical (unpaired) electrons. The van der Waals surface area contributed by atoms with Crippen molar-refractivity contribution in [3.63, 3.8) is 0 Å². The second kappa shape index (κ2) is 6.87. The van der Waals surface area contributed by atoms with E-state index in [1.165, 1.54) is 0 Å². The average molecular weight is 307 g/mol. The summed E-state index contributed by atoms with van der Waals surface area (Å²) in [4.78, 5) is 14.2. The molecule has 1 fully saturated rings. The summed E-state index contributed by atoms with van der Waals surface area (Å²) < 4.78 is 10.7. The molecule has 0 atom stereocenters. The molecule has 0 saturated carbocycles. The minimum Gasteiger partial charge on any atom is -0.494 e. The molecule has 1 aromatic carbocycles. The number of anilines is 2. The number of hydrogen-bond donors (Lipinski definition) is 2. The lowest BCUT2D eigenvalue weighted by atomic mass is 10.2. The Morgan fingerprint density at radius 3 is 2.55 bits per heavy atom. The van der Waals surface area contributed by atoms with Crippen molar-refractivity contribution < 1.29 is 14.3 Å². The van der Waals surface area contributed by atoms with Crippen molar-refractivity contribution in [1.29, 1.82) is 0 Å². The Morgan fingerprint density at radius 1 is 1.27 bits per heavy atom. The molecule has 6 nitrogen and oxygen atoms in total. The zero-order valence-corrected chi connectivity index (χ0v) is 13.7. The molecule has 1 amide bonds. The molecule has 0 unspecified atom stereocenters. The highest BCUT2D eigenvalue weighted by Gasteiger charge is 2.18. The van der Waals surface area contributed by atoms with Crippen LogP contribution in [-0.4, -0.2) is 45.0 Å². The Balaban J connectivity index is 2.10. The second-order valence-corrected chi connectivity index (χ2v) is 6.25. The number of rotatable bonds is 3. The van der Waals surface area contributed by atoms with Gasteiger partial charge < -0.3 is 19.7 Å². The predicted molar refractivity (Wildman–Crippen MR) is 87.9 cm³/mol. The number of amides is 1. The summed E-state index contributed by atoms with van der Waals surface area (Å²) in [6.07, 6.45) is -0.485. The van der Waals surface area contributed by atoms with Gasteiger partial charge in [-0.1, -0.05) is 0 Å². The topological polar surface area (TPSA) is 62.8 Å². The van der Waals surface area contributed by atoms with Gasteiger partial charge in [0.2, 0.25) is 0 Å². The molecular weight excluding hydrogens is 282 g/mol. The van der Waals surface area contributed by atoms with Crippen LogP contribution in [0.2, 0.25) is 0 Å². The van der Waals surface area contributed by atoms with Gasteiger partial charge in [-0.25, -0.2) is 4.79 Å². The monoisotopic (exact) mass is 307 g/mol. The first-order valence-electron chi connectivity index (χ1n) is 7.53. The van der Waals surface area contributed by atoms with E-state index in [2.05, 4.69) is 15.5 Å². The third-order valence-electron chi connectivity index (χ3n) is 3.30. The van der Waals surface area contributed by atoms with Crippen LogP contribution in [0.15, 0.2) is 18.2 Å². The molecule has 122 valence electrons. The summed E-state index contributed by atoms with van der Waals surface area (Å²) in [6, 6.07) is 5.78. The molecule has 0 bridgehead atoms. The Morgan fingerprint density at radius 2 is 1.95 bits per heavy atom. The Hall–Kier alpha value is -1.95. The van der Waals surface area contributed by atoms with Gasteiger partial charge in [0.15, 0.2) is 0 Å². The maximum absolute atomic E-state index is 11.9. The maximum Gasteiger partial charge on any atom is 0.412 e. The summed E-state index contributed by atoms with van der Waals surface area (Å²) in [5.74, 6) is 0.627.